The summed E-state index contributed by atoms with van der Waals surface area (Å²) in [5, 5.41) is 2.80. The number of aromatic nitrogens is 1. The predicted molar refractivity (Wildman–Crippen MR) is 80.5 cm³/mol. The summed E-state index contributed by atoms with van der Waals surface area (Å²) in [6.45, 7) is 8.01. The Bertz CT molecular complexity index is 466. The lowest BCUT2D eigenvalue weighted by molar-refractivity contribution is -0.156. The second kappa shape index (κ2) is 7.76. The minimum atomic E-state index is -0.804. The third-order valence-corrected chi connectivity index (χ3v) is 3.06. The molecule has 0 aliphatic heterocycles. The monoisotopic (exact) mass is 292 g/mol. The van der Waals surface area contributed by atoms with E-state index in [1.165, 1.54) is 0 Å². The highest BCUT2D eigenvalue weighted by Gasteiger charge is 2.38. The van der Waals surface area contributed by atoms with Crippen molar-refractivity contribution in [3.63, 3.8) is 0 Å². The second-order valence-electron chi connectivity index (χ2n) is 5.91. The van der Waals surface area contributed by atoms with E-state index in [-0.39, 0.29) is 12.5 Å². The number of pyridine rings is 1. The van der Waals surface area contributed by atoms with Crippen molar-refractivity contribution in [2.45, 2.75) is 34.1 Å². The molecule has 1 amide bonds. The van der Waals surface area contributed by atoms with Gasteiger partial charge in [0.2, 0.25) is 5.91 Å². The zero-order chi connectivity index (χ0) is 15.9. The molecule has 21 heavy (non-hydrogen) atoms. The molecule has 1 heterocycles. The van der Waals surface area contributed by atoms with Crippen LogP contribution in [0, 0.1) is 11.3 Å². The van der Waals surface area contributed by atoms with E-state index in [9.17, 15) is 9.59 Å². The number of nitrogens with one attached hydrogen (secondary N) is 1. The first kappa shape index (κ1) is 17.1. The van der Waals surface area contributed by atoms with Crippen molar-refractivity contribution < 1.29 is 14.3 Å². The Morgan fingerprint density at radius 2 is 2.05 bits per heavy atom. The number of hydrogen-bond acceptors (Lipinski definition) is 4. The van der Waals surface area contributed by atoms with Gasteiger partial charge in [-0.1, -0.05) is 26.8 Å². The number of ether oxygens (including phenoxy) is 1. The smallest absolute Gasteiger partial charge is 0.319 e. The van der Waals surface area contributed by atoms with Crippen LogP contribution in [0.3, 0.4) is 0 Å². The lowest BCUT2D eigenvalue weighted by atomic mass is 9.80. The highest BCUT2D eigenvalue weighted by molar-refractivity contribution is 5.98. The van der Waals surface area contributed by atoms with E-state index >= 15 is 0 Å². The molecule has 1 N–H and O–H groups in total. The molecule has 1 atom stereocenters. The van der Waals surface area contributed by atoms with E-state index in [2.05, 4.69) is 10.3 Å². The van der Waals surface area contributed by atoms with E-state index in [4.69, 9.17) is 4.74 Å². The summed E-state index contributed by atoms with van der Waals surface area (Å²) >= 11 is 0. The van der Waals surface area contributed by atoms with Gasteiger partial charge in [0.25, 0.3) is 0 Å². The highest BCUT2D eigenvalue weighted by Crippen LogP contribution is 2.27. The van der Waals surface area contributed by atoms with Gasteiger partial charge in [-0.15, -0.1) is 0 Å². The molecular formula is C16H24N2O3. The van der Waals surface area contributed by atoms with Crippen LogP contribution in [0.4, 0.5) is 0 Å². The van der Waals surface area contributed by atoms with Crippen LogP contribution in [-0.4, -0.2) is 30.0 Å². The van der Waals surface area contributed by atoms with Gasteiger partial charge in [0.15, 0.2) is 0 Å². The van der Waals surface area contributed by atoms with Crippen LogP contribution in [0.15, 0.2) is 24.4 Å². The normalized spacial score (nSPS) is 12.6. The molecule has 5 nitrogen and oxygen atoms in total. The van der Waals surface area contributed by atoms with Crippen molar-refractivity contribution >= 4 is 11.9 Å². The molecule has 0 aliphatic rings. The van der Waals surface area contributed by atoms with Gasteiger partial charge in [0.1, 0.15) is 5.92 Å². The number of nitrogens with zero attached hydrogens (tertiary/aromatic N) is 1. The molecule has 0 aromatic carbocycles. The highest BCUT2D eigenvalue weighted by atomic mass is 16.5. The lowest BCUT2D eigenvalue weighted by Crippen LogP contribution is -2.44. The average Bonchev–Trinajstić information content (AvgIpc) is 2.38. The van der Waals surface area contributed by atoms with Crippen molar-refractivity contribution in [1.29, 1.82) is 0 Å². The third kappa shape index (κ3) is 5.53. The fourth-order valence-corrected chi connectivity index (χ4v) is 2.04. The number of amides is 1. The van der Waals surface area contributed by atoms with E-state index in [1.54, 1.807) is 13.1 Å². The van der Waals surface area contributed by atoms with Gasteiger partial charge in [-0.2, -0.15) is 0 Å². The van der Waals surface area contributed by atoms with Gasteiger partial charge in [-0.05, 0) is 24.5 Å². The number of rotatable bonds is 6. The summed E-state index contributed by atoms with van der Waals surface area (Å²) in [5.74, 6) is -1.57. The summed E-state index contributed by atoms with van der Waals surface area (Å²) in [7, 11) is 0. The first-order valence-corrected chi connectivity index (χ1v) is 7.20. The topological polar surface area (TPSA) is 68.3 Å². The Hall–Kier alpha value is -1.91. The Morgan fingerprint density at radius 1 is 1.33 bits per heavy atom. The molecule has 1 aromatic rings. The maximum Gasteiger partial charge on any atom is 0.319 e. The largest absolute Gasteiger partial charge is 0.465 e. The number of hydrogen-bond donors (Lipinski definition) is 1. The molecule has 0 saturated carbocycles. The second-order valence-corrected chi connectivity index (χ2v) is 5.91. The molecule has 0 fully saturated rings. The summed E-state index contributed by atoms with van der Waals surface area (Å²) < 4.78 is 5.00. The van der Waals surface area contributed by atoms with Gasteiger partial charge < -0.3 is 10.1 Å². The Morgan fingerprint density at radius 3 is 2.57 bits per heavy atom. The quantitative estimate of drug-likeness (QED) is 0.643. The third-order valence-electron chi connectivity index (χ3n) is 3.06. The standard InChI is InChI=1S/C16H24N2O3/c1-5-21-15(20)13(16(2,3)4)14(19)18-11-9-12-8-6-7-10-17-12/h6-8,10,13H,5,9,11H2,1-4H3,(H,18,19). The molecule has 0 spiro atoms. The summed E-state index contributed by atoms with van der Waals surface area (Å²) in [4.78, 5) is 28.4. The van der Waals surface area contributed by atoms with Crippen molar-refractivity contribution in [1.82, 2.24) is 10.3 Å². The lowest BCUT2D eigenvalue weighted by Gasteiger charge is -2.27. The first-order chi connectivity index (χ1) is 9.86. The zero-order valence-corrected chi connectivity index (χ0v) is 13.2. The van der Waals surface area contributed by atoms with E-state index in [0.717, 1.165) is 5.69 Å². The average molecular weight is 292 g/mol. The van der Waals surface area contributed by atoms with Crippen LogP contribution < -0.4 is 5.32 Å². The Kier molecular flexibility index (Phi) is 6.34. The molecule has 0 saturated heterocycles. The number of carbonyl (C=O) groups is 2. The predicted octanol–water partition coefficient (Wildman–Crippen LogP) is 1.97. The van der Waals surface area contributed by atoms with Crippen molar-refractivity contribution in [2.24, 2.45) is 11.3 Å². The maximum absolute atomic E-state index is 12.3. The van der Waals surface area contributed by atoms with Crippen LogP contribution in [-0.2, 0) is 20.7 Å². The molecular weight excluding hydrogens is 268 g/mol. The fourth-order valence-electron chi connectivity index (χ4n) is 2.04. The van der Waals surface area contributed by atoms with Crippen molar-refractivity contribution in [3.8, 4) is 0 Å². The minimum Gasteiger partial charge on any atom is -0.465 e. The fraction of sp³-hybridized carbons (Fsp3) is 0.562. The molecule has 1 unspecified atom stereocenters. The summed E-state index contributed by atoms with van der Waals surface area (Å²) in [6, 6.07) is 5.65. The van der Waals surface area contributed by atoms with Gasteiger partial charge in [-0.3, -0.25) is 14.6 Å². The SMILES string of the molecule is CCOC(=O)C(C(=O)NCCc1ccccn1)C(C)(C)C. The summed E-state index contributed by atoms with van der Waals surface area (Å²) in [6.07, 6.45) is 2.35. The van der Waals surface area contributed by atoms with E-state index < -0.39 is 17.3 Å². The van der Waals surface area contributed by atoms with Gasteiger partial charge in [-0.25, -0.2) is 0 Å². The van der Waals surface area contributed by atoms with Crippen LogP contribution in [0.2, 0.25) is 0 Å². The van der Waals surface area contributed by atoms with Crippen LogP contribution in [0.1, 0.15) is 33.4 Å². The van der Waals surface area contributed by atoms with E-state index in [1.807, 2.05) is 39.0 Å². The number of esters is 1. The van der Waals surface area contributed by atoms with Gasteiger partial charge in [0.05, 0.1) is 6.61 Å². The van der Waals surface area contributed by atoms with Gasteiger partial charge in [0, 0.05) is 24.9 Å². The Balaban J connectivity index is 2.59. The molecule has 1 rings (SSSR count). The molecule has 116 valence electrons. The maximum atomic E-state index is 12.3. The summed E-state index contributed by atoms with van der Waals surface area (Å²) in [5.41, 5.74) is 0.419. The van der Waals surface area contributed by atoms with Crippen LogP contribution in [0.5, 0.6) is 0 Å². The van der Waals surface area contributed by atoms with E-state index in [0.29, 0.717) is 13.0 Å². The molecule has 0 radical (unpaired) electrons. The van der Waals surface area contributed by atoms with Crippen molar-refractivity contribution in [2.75, 3.05) is 13.2 Å². The molecule has 0 aliphatic carbocycles. The minimum absolute atomic E-state index is 0.270. The zero-order valence-electron chi connectivity index (χ0n) is 13.2. The number of carbonyl (C=O) groups excluding carboxylic acids is 2. The van der Waals surface area contributed by atoms with Crippen LogP contribution in [0.25, 0.3) is 0 Å². The van der Waals surface area contributed by atoms with Crippen molar-refractivity contribution in [3.05, 3.63) is 30.1 Å². The molecule has 5 heteroatoms. The Labute approximate surface area is 126 Å². The van der Waals surface area contributed by atoms with Gasteiger partial charge >= 0.3 is 5.97 Å². The molecule has 1 aromatic heterocycles. The van der Waals surface area contributed by atoms with Crippen LogP contribution >= 0.6 is 0 Å². The first-order valence-electron chi connectivity index (χ1n) is 7.20. The molecule has 0 bridgehead atoms.